The van der Waals surface area contributed by atoms with Gasteiger partial charge in [-0.25, -0.2) is 8.78 Å². The van der Waals surface area contributed by atoms with Gasteiger partial charge in [0.2, 0.25) is 0 Å². The summed E-state index contributed by atoms with van der Waals surface area (Å²) in [5, 5.41) is 2.73. The van der Waals surface area contributed by atoms with Crippen molar-refractivity contribution in [2.45, 2.75) is 20.0 Å². The maximum atomic E-state index is 13.3. The zero-order chi connectivity index (χ0) is 18.7. The molecule has 26 heavy (non-hydrogen) atoms. The summed E-state index contributed by atoms with van der Waals surface area (Å²) in [4.78, 5) is 27.0. The molecule has 1 amide bonds. The van der Waals surface area contributed by atoms with Crippen LogP contribution < -0.4 is 10.9 Å². The van der Waals surface area contributed by atoms with Gasteiger partial charge in [0.25, 0.3) is 11.5 Å². The number of nitrogens with zero attached hydrogens (tertiary/aromatic N) is 1. The van der Waals surface area contributed by atoms with Gasteiger partial charge in [0, 0.05) is 16.0 Å². The van der Waals surface area contributed by atoms with Gasteiger partial charge in [-0.05, 0) is 48.9 Å². The lowest BCUT2D eigenvalue weighted by atomic mass is 10.2. The number of thiophene rings is 1. The third kappa shape index (κ3) is 4.05. The predicted octanol–water partition coefficient (Wildman–Crippen LogP) is 3.47. The largest absolute Gasteiger partial charge is 0.347 e. The van der Waals surface area contributed by atoms with Crippen molar-refractivity contribution in [2.24, 2.45) is 0 Å². The molecule has 0 aliphatic carbocycles. The number of carbonyl (C=O) groups excluding carboxylic acids is 1. The van der Waals surface area contributed by atoms with E-state index in [1.165, 1.54) is 22.9 Å². The Balaban J connectivity index is 1.76. The standard InChI is InChI=1S/C19H16F2N2O2S/c1-12-4-6-14(26-12)10-22-18(24)15-3-2-8-23(19(15)25)11-13-5-7-16(20)17(21)9-13/h2-9H,10-11H2,1H3,(H,22,24). The van der Waals surface area contributed by atoms with Crippen molar-refractivity contribution >= 4 is 17.2 Å². The molecule has 3 aromatic rings. The van der Waals surface area contributed by atoms with Crippen LogP contribution in [0.15, 0.2) is 53.5 Å². The molecule has 0 unspecified atom stereocenters. The third-order valence-electron chi connectivity index (χ3n) is 3.82. The number of nitrogens with one attached hydrogen (secondary N) is 1. The summed E-state index contributed by atoms with van der Waals surface area (Å²) in [6, 6.07) is 10.3. The Kier molecular flexibility index (Phi) is 5.27. The molecule has 1 aromatic carbocycles. The molecule has 2 heterocycles. The van der Waals surface area contributed by atoms with Gasteiger partial charge in [-0.15, -0.1) is 11.3 Å². The minimum absolute atomic E-state index is 0.00311. The first-order valence-corrected chi connectivity index (χ1v) is 8.72. The van der Waals surface area contributed by atoms with E-state index in [1.54, 1.807) is 17.4 Å². The van der Waals surface area contributed by atoms with Crippen LogP contribution in [0.3, 0.4) is 0 Å². The van der Waals surface area contributed by atoms with E-state index < -0.39 is 23.1 Å². The number of carbonyl (C=O) groups is 1. The summed E-state index contributed by atoms with van der Waals surface area (Å²) < 4.78 is 27.6. The number of rotatable bonds is 5. The fourth-order valence-electron chi connectivity index (χ4n) is 2.51. The van der Waals surface area contributed by atoms with Crippen LogP contribution in [-0.4, -0.2) is 10.5 Å². The van der Waals surface area contributed by atoms with Gasteiger partial charge in [0.05, 0.1) is 13.1 Å². The lowest BCUT2D eigenvalue weighted by molar-refractivity contribution is 0.0949. The molecule has 0 saturated carbocycles. The van der Waals surface area contributed by atoms with Crippen LogP contribution in [0.4, 0.5) is 8.78 Å². The van der Waals surface area contributed by atoms with Crippen molar-refractivity contribution < 1.29 is 13.6 Å². The summed E-state index contributed by atoms with van der Waals surface area (Å²) in [5.74, 6) is -2.39. The van der Waals surface area contributed by atoms with E-state index in [-0.39, 0.29) is 12.1 Å². The van der Waals surface area contributed by atoms with Crippen molar-refractivity contribution in [2.75, 3.05) is 0 Å². The third-order valence-corrected chi connectivity index (χ3v) is 4.82. The highest BCUT2D eigenvalue weighted by Crippen LogP contribution is 2.14. The minimum Gasteiger partial charge on any atom is -0.347 e. The van der Waals surface area contributed by atoms with E-state index in [0.29, 0.717) is 12.1 Å². The highest BCUT2D eigenvalue weighted by atomic mass is 32.1. The number of hydrogen-bond donors (Lipinski definition) is 1. The first-order valence-electron chi connectivity index (χ1n) is 7.91. The summed E-state index contributed by atoms with van der Waals surface area (Å²) in [7, 11) is 0. The second-order valence-electron chi connectivity index (χ2n) is 5.80. The van der Waals surface area contributed by atoms with Gasteiger partial charge >= 0.3 is 0 Å². The number of amides is 1. The predicted molar refractivity (Wildman–Crippen MR) is 96.4 cm³/mol. The summed E-state index contributed by atoms with van der Waals surface area (Å²) in [6.07, 6.45) is 1.50. The Morgan fingerprint density at radius 3 is 2.65 bits per heavy atom. The Labute approximate surface area is 152 Å². The zero-order valence-corrected chi connectivity index (χ0v) is 14.8. The zero-order valence-electron chi connectivity index (χ0n) is 14.0. The number of benzene rings is 1. The van der Waals surface area contributed by atoms with E-state index >= 15 is 0 Å². The molecule has 134 valence electrons. The van der Waals surface area contributed by atoms with Crippen LogP contribution in [0, 0.1) is 18.6 Å². The van der Waals surface area contributed by atoms with Crippen molar-refractivity contribution in [1.29, 1.82) is 0 Å². The van der Waals surface area contributed by atoms with Crippen molar-refractivity contribution in [3.63, 3.8) is 0 Å². The Bertz CT molecular complexity index is 1010. The van der Waals surface area contributed by atoms with Crippen molar-refractivity contribution in [3.05, 3.63) is 91.5 Å². The molecule has 0 bridgehead atoms. The van der Waals surface area contributed by atoms with Gasteiger partial charge < -0.3 is 9.88 Å². The van der Waals surface area contributed by atoms with E-state index in [0.717, 1.165) is 21.9 Å². The average Bonchev–Trinajstić information content (AvgIpc) is 3.03. The number of halogens is 2. The van der Waals surface area contributed by atoms with Gasteiger partial charge in [-0.3, -0.25) is 9.59 Å². The second-order valence-corrected chi connectivity index (χ2v) is 7.17. The van der Waals surface area contributed by atoms with Gasteiger partial charge in [-0.1, -0.05) is 6.07 Å². The monoisotopic (exact) mass is 374 g/mol. The quantitative estimate of drug-likeness (QED) is 0.743. The van der Waals surface area contributed by atoms with Gasteiger partial charge in [0.15, 0.2) is 11.6 Å². The summed E-state index contributed by atoms with van der Waals surface area (Å²) >= 11 is 1.57. The van der Waals surface area contributed by atoms with Gasteiger partial charge in [0.1, 0.15) is 5.56 Å². The Hall–Kier alpha value is -2.80. The highest BCUT2D eigenvalue weighted by Gasteiger charge is 2.13. The number of aromatic nitrogens is 1. The van der Waals surface area contributed by atoms with E-state index in [2.05, 4.69) is 5.32 Å². The van der Waals surface area contributed by atoms with Crippen LogP contribution in [0.5, 0.6) is 0 Å². The molecule has 2 aromatic heterocycles. The van der Waals surface area contributed by atoms with Crippen LogP contribution in [-0.2, 0) is 13.1 Å². The lowest BCUT2D eigenvalue weighted by Crippen LogP contribution is -2.32. The molecular weight excluding hydrogens is 358 g/mol. The molecule has 0 fully saturated rings. The minimum atomic E-state index is -0.976. The number of hydrogen-bond acceptors (Lipinski definition) is 3. The smallest absolute Gasteiger partial charge is 0.263 e. The van der Waals surface area contributed by atoms with Crippen LogP contribution in [0.25, 0.3) is 0 Å². The van der Waals surface area contributed by atoms with Crippen LogP contribution in [0.1, 0.15) is 25.7 Å². The first-order chi connectivity index (χ1) is 12.4. The average molecular weight is 374 g/mol. The number of pyridine rings is 1. The fraction of sp³-hybridized carbons (Fsp3) is 0.158. The second kappa shape index (κ2) is 7.61. The maximum Gasteiger partial charge on any atom is 0.263 e. The van der Waals surface area contributed by atoms with E-state index in [1.807, 2.05) is 19.1 Å². The van der Waals surface area contributed by atoms with Crippen molar-refractivity contribution in [1.82, 2.24) is 9.88 Å². The molecule has 0 aliphatic rings. The maximum absolute atomic E-state index is 13.3. The molecule has 0 radical (unpaired) electrons. The summed E-state index contributed by atoms with van der Waals surface area (Å²) in [5.41, 5.74) is -0.0573. The fourth-order valence-corrected chi connectivity index (χ4v) is 3.34. The van der Waals surface area contributed by atoms with Crippen LogP contribution in [0.2, 0.25) is 0 Å². The SMILES string of the molecule is Cc1ccc(CNC(=O)c2cccn(Cc3ccc(F)c(F)c3)c2=O)s1. The van der Waals surface area contributed by atoms with Gasteiger partial charge in [-0.2, -0.15) is 0 Å². The molecule has 4 nitrogen and oxygen atoms in total. The Morgan fingerprint density at radius 1 is 1.15 bits per heavy atom. The molecule has 7 heteroatoms. The Morgan fingerprint density at radius 2 is 1.96 bits per heavy atom. The van der Waals surface area contributed by atoms with E-state index in [4.69, 9.17) is 0 Å². The van der Waals surface area contributed by atoms with Crippen LogP contribution >= 0.6 is 11.3 Å². The molecular formula is C19H16F2N2O2S. The molecule has 0 saturated heterocycles. The molecule has 1 N–H and O–H groups in total. The molecule has 0 aliphatic heterocycles. The highest BCUT2D eigenvalue weighted by molar-refractivity contribution is 7.11. The summed E-state index contributed by atoms with van der Waals surface area (Å²) in [6.45, 7) is 2.36. The normalized spacial score (nSPS) is 10.7. The molecule has 3 rings (SSSR count). The lowest BCUT2D eigenvalue weighted by Gasteiger charge is -2.09. The first kappa shape index (κ1) is 18.0. The molecule has 0 spiro atoms. The molecule has 0 atom stereocenters. The van der Waals surface area contributed by atoms with E-state index in [9.17, 15) is 18.4 Å². The number of aryl methyl sites for hydroxylation is 1. The topological polar surface area (TPSA) is 51.1 Å². The van der Waals surface area contributed by atoms with Crippen molar-refractivity contribution in [3.8, 4) is 0 Å².